The van der Waals surface area contributed by atoms with Crippen molar-refractivity contribution in [3.63, 3.8) is 0 Å². The Morgan fingerprint density at radius 1 is 1.31 bits per heavy atom. The van der Waals surface area contributed by atoms with Crippen molar-refractivity contribution in [1.29, 1.82) is 0 Å². The summed E-state index contributed by atoms with van der Waals surface area (Å²) >= 11 is 0. The van der Waals surface area contributed by atoms with E-state index in [4.69, 9.17) is 10.5 Å². The van der Waals surface area contributed by atoms with Gasteiger partial charge < -0.3 is 10.5 Å². The van der Waals surface area contributed by atoms with Crippen LogP contribution in [0.3, 0.4) is 0 Å². The van der Waals surface area contributed by atoms with Crippen LogP contribution in [0.1, 0.15) is 33.1 Å². The average molecular weight is 226 g/mol. The van der Waals surface area contributed by atoms with E-state index in [1.807, 2.05) is 0 Å². The third kappa shape index (κ3) is 3.44. The molecule has 0 amide bonds. The van der Waals surface area contributed by atoms with Gasteiger partial charge in [-0.05, 0) is 25.2 Å². The van der Waals surface area contributed by atoms with E-state index in [0.29, 0.717) is 12.0 Å². The normalized spacial score (nSPS) is 31.3. The molecule has 2 N–H and O–H groups in total. The maximum absolute atomic E-state index is 6.17. The van der Waals surface area contributed by atoms with Gasteiger partial charge in [0.15, 0.2) is 0 Å². The van der Waals surface area contributed by atoms with Gasteiger partial charge in [0.25, 0.3) is 0 Å². The second-order valence-electron chi connectivity index (χ2n) is 5.87. The quantitative estimate of drug-likeness (QED) is 0.771. The summed E-state index contributed by atoms with van der Waals surface area (Å²) in [7, 11) is 0. The fourth-order valence-electron chi connectivity index (χ4n) is 2.58. The topological polar surface area (TPSA) is 38.5 Å². The minimum Gasteiger partial charge on any atom is -0.381 e. The largest absolute Gasteiger partial charge is 0.381 e. The summed E-state index contributed by atoms with van der Waals surface area (Å²) in [5.41, 5.74) is 6.17. The van der Waals surface area contributed by atoms with E-state index in [9.17, 15) is 0 Å². The van der Waals surface area contributed by atoms with E-state index in [0.717, 1.165) is 38.1 Å². The molecule has 0 aromatic heterocycles. The van der Waals surface area contributed by atoms with Gasteiger partial charge in [0, 0.05) is 37.7 Å². The van der Waals surface area contributed by atoms with Crippen molar-refractivity contribution in [1.82, 2.24) is 4.90 Å². The molecule has 2 atom stereocenters. The summed E-state index contributed by atoms with van der Waals surface area (Å²) in [6.07, 6.45) is 3.80. The van der Waals surface area contributed by atoms with Crippen molar-refractivity contribution < 1.29 is 4.74 Å². The average Bonchev–Trinajstić information content (AvgIpc) is 3.03. The second kappa shape index (κ2) is 5.48. The minimum absolute atomic E-state index is 0.349. The highest BCUT2D eigenvalue weighted by Crippen LogP contribution is 2.29. The lowest BCUT2D eigenvalue weighted by Crippen LogP contribution is -2.46. The maximum atomic E-state index is 6.17. The summed E-state index contributed by atoms with van der Waals surface area (Å²) in [6.45, 7) is 8.67. The molecule has 94 valence electrons. The van der Waals surface area contributed by atoms with Crippen LogP contribution in [-0.4, -0.2) is 43.3 Å². The fraction of sp³-hybridized carbons (Fsp3) is 1.00. The molecule has 0 aromatic rings. The summed E-state index contributed by atoms with van der Waals surface area (Å²) in [5, 5.41) is 0. The van der Waals surface area contributed by atoms with E-state index >= 15 is 0 Å². The molecule has 1 heterocycles. The fourth-order valence-corrected chi connectivity index (χ4v) is 2.58. The lowest BCUT2D eigenvalue weighted by atomic mass is 9.95. The van der Waals surface area contributed by atoms with Crippen molar-refractivity contribution in [3.05, 3.63) is 0 Å². The Kier molecular flexibility index (Phi) is 4.22. The molecule has 2 fully saturated rings. The Balaban J connectivity index is 1.83. The highest BCUT2D eigenvalue weighted by Gasteiger charge is 2.33. The third-order valence-corrected chi connectivity index (χ3v) is 3.66. The van der Waals surface area contributed by atoms with Crippen molar-refractivity contribution >= 4 is 0 Å². The Bertz CT molecular complexity index is 216. The molecule has 0 spiro atoms. The Morgan fingerprint density at radius 2 is 2.06 bits per heavy atom. The van der Waals surface area contributed by atoms with Gasteiger partial charge in [-0.1, -0.05) is 13.8 Å². The molecular weight excluding hydrogens is 200 g/mol. The molecule has 1 saturated heterocycles. The van der Waals surface area contributed by atoms with Crippen LogP contribution in [0.5, 0.6) is 0 Å². The zero-order chi connectivity index (χ0) is 11.5. The smallest absolute Gasteiger partial charge is 0.0521 e. The molecule has 0 radical (unpaired) electrons. The molecule has 3 heteroatoms. The SMILES string of the molecule is CC(C)CN(CC1COCCC1N)C1CC1. The van der Waals surface area contributed by atoms with Gasteiger partial charge in [0.2, 0.25) is 0 Å². The number of hydrogen-bond donors (Lipinski definition) is 1. The number of rotatable bonds is 5. The van der Waals surface area contributed by atoms with Crippen LogP contribution in [0.15, 0.2) is 0 Å². The molecule has 16 heavy (non-hydrogen) atoms. The summed E-state index contributed by atoms with van der Waals surface area (Å²) < 4.78 is 5.55. The van der Waals surface area contributed by atoms with Gasteiger partial charge in [-0.15, -0.1) is 0 Å². The monoisotopic (exact) mass is 226 g/mol. The zero-order valence-corrected chi connectivity index (χ0v) is 10.7. The van der Waals surface area contributed by atoms with E-state index in [1.165, 1.54) is 19.4 Å². The highest BCUT2D eigenvalue weighted by atomic mass is 16.5. The highest BCUT2D eigenvalue weighted by molar-refractivity contribution is 4.88. The first-order valence-electron chi connectivity index (χ1n) is 6.74. The Labute approximate surface area is 99.3 Å². The molecule has 1 aliphatic heterocycles. The zero-order valence-electron chi connectivity index (χ0n) is 10.7. The molecule has 2 aliphatic rings. The lowest BCUT2D eigenvalue weighted by Gasteiger charge is -2.34. The van der Waals surface area contributed by atoms with Crippen molar-refractivity contribution in [3.8, 4) is 0 Å². The number of ether oxygens (including phenoxy) is 1. The molecule has 2 rings (SSSR count). The van der Waals surface area contributed by atoms with Gasteiger partial charge in [-0.2, -0.15) is 0 Å². The first kappa shape index (κ1) is 12.3. The van der Waals surface area contributed by atoms with Crippen molar-refractivity contribution in [2.45, 2.75) is 45.2 Å². The molecule has 2 unspecified atom stereocenters. The predicted molar refractivity (Wildman–Crippen MR) is 66.3 cm³/mol. The first-order chi connectivity index (χ1) is 7.66. The third-order valence-electron chi connectivity index (χ3n) is 3.66. The number of nitrogens with two attached hydrogens (primary N) is 1. The maximum Gasteiger partial charge on any atom is 0.0521 e. The van der Waals surface area contributed by atoms with Crippen LogP contribution in [0.4, 0.5) is 0 Å². The van der Waals surface area contributed by atoms with Gasteiger partial charge >= 0.3 is 0 Å². The van der Waals surface area contributed by atoms with Gasteiger partial charge in [-0.25, -0.2) is 0 Å². The molecule has 3 nitrogen and oxygen atoms in total. The van der Waals surface area contributed by atoms with E-state index < -0.39 is 0 Å². The van der Waals surface area contributed by atoms with Crippen molar-refractivity contribution in [2.24, 2.45) is 17.6 Å². The van der Waals surface area contributed by atoms with Crippen LogP contribution in [0, 0.1) is 11.8 Å². The van der Waals surface area contributed by atoms with Crippen LogP contribution >= 0.6 is 0 Å². The van der Waals surface area contributed by atoms with Crippen molar-refractivity contribution in [2.75, 3.05) is 26.3 Å². The summed E-state index contributed by atoms with van der Waals surface area (Å²) in [6, 6.07) is 1.19. The van der Waals surface area contributed by atoms with E-state index in [-0.39, 0.29) is 0 Å². The van der Waals surface area contributed by atoms with Gasteiger partial charge in [0.05, 0.1) is 6.61 Å². The first-order valence-corrected chi connectivity index (χ1v) is 6.74. The molecule has 1 saturated carbocycles. The van der Waals surface area contributed by atoms with E-state index in [1.54, 1.807) is 0 Å². The van der Waals surface area contributed by atoms with Gasteiger partial charge in [-0.3, -0.25) is 4.90 Å². The summed E-state index contributed by atoms with van der Waals surface area (Å²) in [4.78, 5) is 2.64. The van der Waals surface area contributed by atoms with Crippen LogP contribution < -0.4 is 5.73 Å². The lowest BCUT2D eigenvalue weighted by molar-refractivity contribution is 0.0231. The van der Waals surface area contributed by atoms with Crippen LogP contribution in [0.25, 0.3) is 0 Å². The number of hydrogen-bond acceptors (Lipinski definition) is 3. The Morgan fingerprint density at radius 3 is 2.62 bits per heavy atom. The predicted octanol–water partition coefficient (Wildman–Crippen LogP) is 1.47. The second-order valence-corrected chi connectivity index (χ2v) is 5.87. The Hall–Kier alpha value is -0.120. The van der Waals surface area contributed by atoms with Crippen LogP contribution in [-0.2, 0) is 4.74 Å². The van der Waals surface area contributed by atoms with Gasteiger partial charge in [0.1, 0.15) is 0 Å². The summed E-state index contributed by atoms with van der Waals surface area (Å²) in [5.74, 6) is 1.30. The molecule has 1 aliphatic carbocycles. The number of nitrogens with zero attached hydrogens (tertiary/aromatic N) is 1. The molecule has 0 bridgehead atoms. The molecule has 0 aromatic carbocycles. The minimum atomic E-state index is 0.349. The van der Waals surface area contributed by atoms with E-state index in [2.05, 4.69) is 18.7 Å². The molecular formula is C13H26N2O. The van der Waals surface area contributed by atoms with Crippen LogP contribution in [0.2, 0.25) is 0 Å². The standard InChI is InChI=1S/C13H26N2O/c1-10(2)7-15(12-3-4-12)8-11-9-16-6-5-13(11)14/h10-13H,3-9,14H2,1-2H3.